The van der Waals surface area contributed by atoms with Crippen LogP contribution in [0.2, 0.25) is 0 Å². The second-order valence-corrected chi connectivity index (χ2v) is 7.27. The fourth-order valence-electron chi connectivity index (χ4n) is 2.35. The first-order valence-corrected chi connectivity index (χ1v) is 9.22. The first-order chi connectivity index (χ1) is 12.0. The summed E-state index contributed by atoms with van der Waals surface area (Å²) in [6.07, 6.45) is 1.43. The predicted molar refractivity (Wildman–Crippen MR) is 97.5 cm³/mol. The molecule has 2 aromatic carbocycles. The first kappa shape index (κ1) is 17.0. The molecule has 0 atom stereocenters. The Labute approximate surface area is 147 Å². The van der Waals surface area contributed by atoms with Gasteiger partial charge in [0.25, 0.3) is 10.0 Å². The molecule has 0 bridgehead atoms. The highest BCUT2D eigenvalue weighted by molar-refractivity contribution is 7.92. The van der Waals surface area contributed by atoms with Crippen molar-refractivity contribution in [3.8, 4) is 11.6 Å². The minimum Gasteiger partial charge on any atom is -0.439 e. The molecule has 0 aliphatic rings. The van der Waals surface area contributed by atoms with Crippen molar-refractivity contribution in [3.63, 3.8) is 0 Å². The summed E-state index contributed by atoms with van der Waals surface area (Å²) in [5.41, 5.74) is 2.05. The van der Waals surface area contributed by atoms with Crippen molar-refractivity contribution in [2.45, 2.75) is 18.7 Å². The molecule has 0 saturated heterocycles. The van der Waals surface area contributed by atoms with Crippen molar-refractivity contribution in [3.05, 3.63) is 78.0 Å². The van der Waals surface area contributed by atoms with Gasteiger partial charge in [-0.05, 0) is 43.2 Å². The van der Waals surface area contributed by atoms with E-state index in [0.29, 0.717) is 22.9 Å². The number of para-hydroxylation sites is 1. The predicted octanol–water partition coefficient (Wildman–Crippen LogP) is 4.29. The molecule has 1 N–H and O–H groups in total. The number of nitrogens with zero attached hydrogens (tertiary/aromatic N) is 1. The highest BCUT2D eigenvalue weighted by Gasteiger charge is 2.16. The van der Waals surface area contributed by atoms with Gasteiger partial charge in [-0.1, -0.05) is 36.4 Å². The van der Waals surface area contributed by atoms with Crippen molar-refractivity contribution in [1.29, 1.82) is 0 Å². The van der Waals surface area contributed by atoms with Crippen molar-refractivity contribution in [2.24, 2.45) is 0 Å². The molecule has 25 heavy (non-hydrogen) atoms. The normalized spacial score (nSPS) is 11.1. The Morgan fingerprint density at radius 1 is 0.880 bits per heavy atom. The number of pyridine rings is 1. The van der Waals surface area contributed by atoms with Crippen LogP contribution in [0.3, 0.4) is 0 Å². The zero-order chi connectivity index (χ0) is 17.9. The molecule has 0 fully saturated rings. The van der Waals surface area contributed by atoms with Gasteiger partial charge in [-0.3, -0.25) is 4.72 Å². The van der Waals surface area contributed by atoms with Crippen LogP contribution in [0.1, 0.15) is 11.1 Å². The van der Waals surface area contributed by atoms with Crippen LogP contribution in [0, 0.1) is 13.8 Å². The SMILES string of the molecule is Cc1ccccc1Oc1ccc(NS(=O)(=O)c2ccccc2C)cn1. The molecule has 0 radical (unpaired) electrons. The number of rotatable bonds is 5. The Morgan fingerprint density at radius 2 is 1.56 bits per heavy atom. The maximum atomic E-state index is 12.5. The summed E-state index contributed by atoms with van der Waals surface area (Å²) in [7, 11) is -3.65. The van der Waals surface area contributed by atoms with Gasteiger partial charge >= 0.3 is 0 Å². The number of ether oxygens (including phenoxy) is 1. The van der Waals surface area contributed by atoms with Crippen LogP contribution < -0.4 is 9.46 Å². The number of anilines is 1. The molecule has 0 saturated carbocycles. The smallest absolute Gasteiger partial charge is 0.262 e. The number of aromatic nitrogens is 1. The highest BCUT2D eigenvalue weighted by atomic mass is 32.2. The van der Waals surface area contributed by atoms with Gasteiger partial charge in [-0.15, -0.1) is 0 Å². The zero-order valence-electron chi connectivity index (χ0n) is 13.9. The van der Waals surface area contributed by atoms with E-state index in [1.807, 2.05) is 31.2 Å². The van der Waals surface area contributed by atoms with E-state index in [1.165, 1.54) is 6.20 Å². The third kappa shape index (κ3) is 3.97. The fourth-order valence-corrected chi connectivity index (χ4v) is 3.64. The Hall–Kier alpha value is -2.86. The summed E-state index contributed by atoms with van der Waals surface area (Å²) in [6.45, 7) is 3.70. The van der Waals surface area contributed by atoms with Crippen molar-refractivity contribution < 1.29 is 13.2 Å². The largest absolute Gasteiger partial charge is 0.439 e. The number of hydrogen-bond donors (Lipinski definition) is 1. The van der Waals surface area contributed by atoms with Crippen molar-refractivity contribution in [1.82, 2.24) is 4.98 Å². The van der Waals surface area contributed by atoms with E-state index in [4.69, 9.17) is 4.74 Å². The molecule has 0 unspecified atom stereocenters. The second kappa shape index (κ2) is 6.94. The summed E-state index contributed by atoms with van der Waals surface area (Å²) in [4.78, 5) is 4.41. The standard InChI is InChI=1S/C19H18N2O3S/c1-14-7-3-5-9-17(14)24-19-12-11-16(13-20-19)21-25(22,23)18-10-6-4-8-15(18)2/h3-13,21H,1-2H3. The number of nitrogens with one attached hydrogen (secondary N) is 1. The van der Waals surface area contributed by atoms with Gasteiger partial charge in [0.2, 0.25) is 5.88 Å². The van der Waals surface area contributed by atoms with Crippen LogP contribution in [-0.2, 0) is 10.0 Å². The lowest BCUT2D eigenvalue weighted by atomic mass is 10.2. The van der Waals surface area contributed by atoms with E-state index in [2.05, 4.69) is 9.71 Å². The molecule has 3 aromatic rings. The van der Waals surface area contributed by atoms with Gasteiger partial charge in [0, 0.05) is 6.07 Å². The number of benzene rings is 2. The average Bonchev–Trinajstić information content (AvgIpc) is 2.58. The maximum Gasteiger partial charge on any atom is 0.262 e. The van der Waals surface area contributed by atoms with Gasteiger partial charge in [0.05, 0.1) is 16.8 Å². The molecule has 1 heterocycles. The average molecular weight is 354 g/mol. The molecule has 5 nitrogen and oxygen atoms in total. The molecule has 128 valence electrons. The van der Waals surface area contributed by atoms with Crippen LogP contribution in [-0.4, -0.2) is 13.4 Å². The molecule has 0 aliphatic heterocycles. The monoisotopic (exact) mass is 354 g/mol. The van der Waals surface area contributed by atoms with Crippen molar-refractivity contribution in [2.75, 3.05) is 4.72 Å². The van der Waals surface area contributed by atoms with E-state index in [0.717, 1.165) is 5.56 Å². The molecule has 1 aromatic heterocycles. The third-order valence-electron chi connectivity index (χ3n) is 3.68. The molecule has 6 heteroatoms. The Kier molecular flexibility index (Phi) is 4.72. The van der Waals surface area contributed by atoms with E-state index in [-0.39, 0.29) is 4.90 Å². The van der Waals surface area contributed by atoms with Crippen LogP contribution in [0.15, 0.2) is 71.8 Å². The quantitative estimate of drug-likeness (QED) is 0.742. The molecule has 3 rings (SSSR count). The molecule has 0 aliphatic carbocycles. The number of aryl methyl sites for hydroxylation is 2. The van der Waals surface area contributed by atoms with Crippen LogP contribution in [0.4, 0.5) is 5.69 Å². The molecular formula is C19H18N2O3S. The van der Waals surface area contributed by atoms with E-state index in [9.17, 15) is 8.42 Å². The van der Waals surface area contributed by atoms with Gasteiger partial charge in [-0.2, -0.15) is 0 Å². The van der Waals surface area contributed by atoms with E-state index < -0.39 is 10.0 Å². The minimum atomic E-state index is -3.65. The Bertz CT molecular complexity index is 984. The minimum absolute atomic E-state index is 0.246. The summed E-state index contributed by atoms with van der Waals surface area (Å²) in [5, 5.41) is 0. The number of sulfonamides is 1. The maximum absolute atomic E-state index is 12.5. The second-order valence-electron chi connectivity index (χ2n) is 5.62. The summed E-state index contributed by atoms with van der Waals surface area (Å²) >= 11 is 0. The lowest BCUT2D eigenvalue weighted by Gasteiger charge is -2.11. The summed E-state index contributed by atoms with van der Waals surface area (Å²) in [5.74, 6) is 1.11. The summed E-state index contributed by atoms with van der Waals surface area (Å²) in [6, 6.07) is 17.7. The van der Waals surface area contributed by atoms with Crippen molar-refractivity contribution >= 4 is 15.7 Å². The molecule has 0 amide bonds. The van der Waals surface area contributed by atoms with Gasteiger partial charge in [0.15, 0.2) is 0 Å². The van der Waals surface area contributed by atoms with Gasteiger partial charge in [-0.25, -0.2) is 13.4 Å². The lowest BCUT2D eigenvalue weighted by Crippen LogP contribution is -2.14. The number of hydrogen-bond acceptors (Lipinski definition) is 4. The van der Waals surface area contributed by atoms with E-state index >= 15 is 0 Å². The topological polar surface area (TPSA) is 68.3 Å². The highest BCUT2D eigenvalue weighted by Crippen LogP contribution is 2.24. The Morgan fingerprint density at radius 3 is 2.20 bits per heavy atom. The van der Waals surface area contributed by atoms with Gasteiger partial charge < -0.3 is 4.74 Å². The molecule has 0 spiro atoms. The van der Waals surface area contributed by atoms with E-state index in [1.54, 1.807) is 43.3 Å². The third-order valence-corrected chi connectivity index (χ3v) is 5.22. The van der Waals surface area contributed by atoms with Gasteiger partial charge in [0.1, 0.15) is 5.75 Å². The van der Waals surface area contributed by atoms with Crippen LogP contribution >= 0.6 is 0 Å². The molecular weight excluding hydrogens is 336 g/mol. The van der Waals surface area contributed by atoms with Crippen LogP contribution in [0.5, 0.6) is 11.6 Å². The Balaban J connectivity index is 1.77. The fraction of sp³-hybridized carbons (Fsp3) is 0.105. The lowest BCUT2D eigenvalue weighted by molar-refractivity contribution is 0.459. The van der Waals surface area contributed by atoms with Crippen LogP contribution in [0.25, 0.3) is 0 Å². The first-order valence-electron chi connectivity index (χ1n) is 7.74. The summed E-state index contributed by atoms with van der Waals surface area (Å²) < 4.78 is 33.2. The zero-order valence-corrected chi connectivity index (χ0v) is 14.7.